The number of anilines is 2. The first kappa shape index (κ1) is 13.5. The molecule has 0 fully saturated rings. The van der Waals surface area contributed by atoms with E-state index in [2.05, 4.69) is 38.0 Å². The van der Waals surface area contributed by atoms with Gasteiger partial charge in [-0.2, -0.15) is 0 Å². The largest absolute Gasteiger partial charge is 0.396 e. The lowest BCUT2D eigenvalue weighted by Gasteiger charge is -2.26. The fraction of sp³-hybridized carbons (Fsp3) is 0.538. The molecule has 3 N–H and O–H groups in total. The molecule has 0 saturated heterocycles. The number of hydrogen-bond acceptors (Lipinski definition) is 3. The van der Waals surface area contributed by atoms with Crippen LogP contribution < -0.4 is 11.1 Å². The van der Waals surface area contributed by atoms with Gasteiger partial charge < -0.3 is 11.1 Å². The van der Waals surface area contributed by atoms with Gasteiger partial charge in [-0.15, -0.1) is 0 Å². The zero-order valence-corrected chi connectivity index (χ0v) is 10.9. The summed E-state index contributed by atoms with van der Waals surface area (Å²) in [5, 5.41) is 2.74. The maximum absolute atomic E-state index is 11.8. The number of nitrogens with one attached hydrogen (secondary N) is 1. The van der Waals surface area contributed by atoms with Crippen molar-refractivity contribution in [3.8, 4) is 0 Å². The maximum atomic E-state index is 11.8. The molecule has 0 bridgehead atoms. The van der Waals surface area contributed by atoms with Gasteiger partial charge in [-0.05, 0) is 23.5 Å². The van der Waals surface area contributed by atoms with Gasteiger partial charge in [-0.25, -0.2) is 4.98 Å². The molecule has 0 aliphatic rings. The van der Waals surface area contributed by atoms with Gasteiger partial charge in [-0.3, -0.25) is 4.79 Å². The highest BCUT2D eigenvalue weighted by atomic mass is 16.1. The van der Waals surface area contributed by atoms with Crippen molar-refractivity contribution in [3.63, 3.8) is 0 Å². The van der Waals surface area contributed by atoms with Gasteiger partial charge in [0.25, 0.3) is 0 Å². The number of aromatic nitrogens is 1. The average Bonchev–Trinajstić information content (AvgIpc) is 2.20. The molecule has 1 amide bonds. The molecule has 0 aliphatic heterocycles. The van der Waals surface area contributed by atoms with Crippen molar-refractivity contribution in [3.05, 3.63) is 18.3 Å². The lowest BCUT2D eigenvalue weighted by Crippen LogP contribution is -2.24. The molecule has 1 atom stereocenters. The Balaban J connectivity index is 2.60. The van der Waals surface area contributed by atoms with Gasteiger partial charge in [0.2, 0.25) is 5.91 Å². The first-order chi connectivity index (χ1) is 7.80. The standard InChI is InChI=1S/C13H21N3O/c1-9(13(2,3)4)8-11(17)16-12-10(14)6-5-7-15-12/h5-7,9H,8,14H2,1-4H3,(H,15,16,17). The lowest BCUT2D eigenvalue weighted by atomic mass is 9.80. The van der Waals surface area contributed by atoms with Crippen molar-refractivity contribution >= 4 is 17.4 Å². The molecule has 94 valence electrons. The number of nitrogens with zero attached hydrogens (tertiary/aromatic N) is 1. The van der Waals surface area contributed by atoms with Gasteiger partial charge in [0.05, 0.1) is 5.69 Å². The third-order valence-corrected chi connectivity index (χ3v) is 3.07. The SMILES string of the molecule is CC(CC(=O)Nc1ncccc1N)C(C)(C)C. The Kier molecular flexibility index (Phi) is 4.10. The third-order valence-electron chi connectivity index (χ3n) is 3.07. The van der Waals surface area contributed by atoms with Crippen LogP contribution in [0.5, 0.6) is 0 Å². The van der Waals surface area contributed by atoms with Crippen molar-refractivity contribution in [2.75, 3.05) is 11.1 Å². The normalized spacial score (nSPS) is 13.2. The number of nitrogens with two attached hydrogens (primary N) is 1. The van der Waals surface area contributed by atoms with Gasteiger partial charge in [0.1, 0.15) is 0 Å². The van der Waals surface area contributed by atoms with E-state index in [9.17, 15) is 4.79 Å². The van der Waals surface area contributed by atoms with Crippen LogP contribution in [0.25, 0.3) is 0 Å². The zero-order valence-electron chi connectivity index (χ0n) is 10.9. The molecule has 1 unspecified atom stereocenters. The predicted octanol–water partition coefficient (Wildman–Crippen LogP) is 2.67. The van der Waals surface area contributed by atoms with E-state index in [0.717, 1.165) is 0 Å². The molecule has 17 heavy (non-hydrogen) atoms. The predicted molar refractivity (Wildman–Crippen MR) is 70.5 cm³/mol. The topological polar surface area (TPSA) is 68.0 Å². The Bertz CT molecular complexity index is 396. The van der Waals surface area contributed by atoms with E-state index in [1.165, 1.54) is 0 Å². The molecule has 4 nitrogen and oxygen atoms in total. The van der Waals surface area contributed by atoms with E-state index < -0.39 is 0 Å². The van der Waals surface area contributed by atoms with Crippen molar-refractivity contribution in [2.45, 2.75) is 34.1 Å². The van der Waals surface area contributed by atoms with Crippen LogP contribution in [0.1, 0.15) is 34.1 Å². The summed E-state index contributed by atoms with van der Waals surface area (Å²) in [7, 11) is 0. The Morgan fingerprint density at radius 3 is 2.71 bits per heavy atom. The number of carbonyl (C=O) groups is 1. The molecule has 1 aromatic rings. The summed E-state index contributed by atoms with van der Waals surface area (Å²) in [6, 6.07) is 3.46. The number of amides is 1. The van der Waals surface area contributed by atoms with Crippen LogP contribution in [0.4, 0.5) is 11.5 Å². The summed E-state index contributed by atoms with van der Waals surface area (Å²) in [6.45, 7) is 8.45. The third kappa shape index (κ3) is 4.06. The Morgan fingerprint density at radius 1 is 1.53 bits per heavy atom. The highest BCUT2D eigenvalue weighted by Crippen LogP contribution is 2.28. The van der Waals surface area contributed by atoms with Gasteiger partial charge >= 0.3 is 0 Å². The zero-order chi connectivity index (χ0) is 13.1. The summed E-state index contributed by atoms with van der Waals surface area (Å²) < 4.78 is 0. The number of pyridine rings is 1. The Hall–Kier alpha value is -1.58. The van der Waals surface area contributed by atoms with Crippen LogP contribution in [0.15, 0.2) is 18.3 Å². The van der Waals surface area contributed by atoms with Crippen LogP contribution in [0.2, 0.25) is 0 Å². The van der Waals surface area contributed by atoms with Crippen LogP contribution in [-0.2, 0) is 4.79 Å². The lowest BCUT2D eigenvalue weighted by molar-refractivity contribution is -0.117. The average molecular weight is 235 g/mol. The number of carbonyl (C=O) groups excluding carboxylic acids is 1. The molecular weight excluding hydrogens is 214 g/mol. The molecule has 0 spiro atoms. The first-order valence-electron chi connectivity index (χ1n) is 5.81. The maximum Gasteiger partial charge on any atom is 0.225 e. The fourth-order valence-electron chi connectivity index (χ4n) is 1.29. The van der Waals surface area contributed by atoms with Crippen molar-refractivity contribution < 1.29 is 4.79 Å². The molecule has 0 saturated carbocycles. The van der Waals surface area contributed by atoms with E-state index in [0.29, 0.717) is 23.8 Å². The Morgan fingerprint density at radius 2 is 2.18 bits per heavy atom. The van der Waals surface area contributed by atoms with Crippen LogP contribution in [0, 0.1) is 11.3 Å². The summed E-state index contributed by atoms with van der Waals surface area (Å²) >= 11 is 0. The smallest absolute Gasteiger partial charge is 0.225 e. The fourth-order valence-corrected chi connectivity index (χ4v) is 1.29. The summed E-state index contributed by atoms with van der Waals surface area (Å²) in [5.74, 6) is 0.698. The number of hydrogen-bond donors (Lipinski definition) is 2. The molecular formula is C13H21N3O. The molecule has 4 heteroatoms. The minimum absolute atomic E-state index is 0.0437. The van der Waals surface area contributed by atoms with Gasteiger partial charge in [0.15, 0.2) is 5.82 Å². The van der Waals surface area contributed by atoms with E-state index in [1.807, 2.05) is 0 Å². The summed E-state index contributed by atoms with van der Waals surface area (Å²) in [5.41, 5.74) is 6.32. The minimum atomic E-state index is -0.0437. The van der Waals surface area contributed by atoms with Crippen molar-refractivity contribution in [1.82, 2.24) is 4.98 Å². The van der Waals surface area contributed by atoms with Crippen LogP contribution in [0.3, 0.4) is 0 Å². The molecule has 0 aliphatic carbocycles. The number of rotatable bonds is 3. The van der Waals surface area contributed by atoms with E-state index in [-0.39, 0.29) is 11.3 Å². The van der Waals surface area contributed by atoms with E-state index in [1.54, 1.807) is 18.3 Å². The number of nitrogen functional groups attached to an aromatic ring is 1. The van der Waals surface area contributed by atoms with Gasteiger partial charge in [-0.1, -0.05) is 27.7 Å². The summed E-state index contributed by atoms with van der Waals surface area (Å²) in [4.78, 5) is 15.8. The molecule has 0 radical (unpaired) electrons. The first-order valence-corrected chi connectivity index (χ1v) is 5.81. The second-order valence-electron chi connectivity index (χ2n) is 5.46. The van der Waals surface area contributed by atoms with Gasteiger partial charge in [0, 0.05) is 12.6 Å². The highest BCUT2D eigenvalue weighted by Gasteiger charge is 2.22. The second kappa shape index (κ2) is 5.17. The highest BCUT2D eigenvalue weighted by molar-refractivity contribution is 5.92. The summed E-state index contributed by atoms with van der Waals surface area (Å²) in [6.07, 6.45) is 2.08. The van der Waals surface area contributed by atoms with E-state index in [4.69, 9.17) is 5.73 Å². The van der Waals surface area contributed by atoms with Crippen molar-refractivity contribution in [1.29, 1.82) is 0 Å². The molecule has 1 rings (SSSR count). The van der Waals surface area contributed by atoms with Crippen LogP contribution >= 0.6 is 0 Å². The Labute approximate surface area is 103 Å². The second-order valence-corrected chi connectivity index (χ2v) is 5.46. The molecule has 1 heterocycles. The molecule has 0 aromatic carbocycles. The van der Waals surface area contributed by atoms with Crippen molar-refractivity contribution in [2.24, 2.45) is 11.3 Å². The molecule has 1 aromatic heterocycles. The monoisotopic (exact) mass is 235 g/mol. The minimum Gasteiger partial charge on any atom is -0.396 e. The quantitative estimate of drug-likeness (QED) is 0.846. The van der Waals surface area contributed by atoms with E-state index >= 15 is 0 Å². The van der Waals surface area contributed by atoms with Crippen LogP contribution in [-0.4, -0.2) is 10.9 Å².